The zero-order valence-corrected chi connectivity index (χ0v) is 13.0. The van der Waals surface area contributed by atoms with E-state index in [-0.39, 0.29) is 11.7 Å². The minimum Gasteiger partial charge on any atom is -0.409 e. The second-order valence-corrected chi connectivity index (χ2v) is 6.53. The van der Waals surface area contributed by atoms with Crippen LogP contribution in [0.15, 0.2) is 5.16 Å². The van der Waals surface area contributed by atoms with Gasteiger partial charge < -0.3 is 16.3 Å². The van der Waals surface area contributed by atoms with Gasteiger partial charge in [-0.2, -0.15) is 0 Å². The molecule has 0 spiro atoms. The van der Waals surface area contributed by atoms with Gasteiger partial charge in [-0.05, 0) is 19.3 Å². The molecule has 0 bridgehead atoms. The Balaban J connectivity index is 2.96. The van der Waals surface area contributed by atoms with E-state index >= 15 is 0 Å². The molecule has 0 aromatic heterocycles. The van der Waals surface area contributed by atoms with Crippen molar-refractivity contribution in [2.24, 2.45) is 16.3 Å². The van der Waals surface area contributed by atoms with Crippen LogP contribution in [0.25, 0.3) is 0 Å². The summed E-state index contributed by atoms with van der Waals surface area (Å²) in [6, 6.07) is 0. The molecule has 0 heterocycles. The Morgan fingerprint density at radius 2 is 1.75 bits per heavy atom. The second-order valence-electron chi connectivity index (χ2n) is 6.53. The first-order valence-electron chi connectivity index (χ1n) is 7.68. The predicted octanol–water partition coefficient (Wildman–Crippen LogP) is 2.77. The lowest BCUT2D eigenvalue weighted by atomic mass is 9.80. The zero-order valence-electron chi connectivity index (χ0n) is 13.0. The molecular formula is C15H29N3O2. The van der Waals surface area contributed by atoms with Crippen LogP contribution < -0.4 is 11.1 Å². The van der Waals surface area contributed by atoms with Gasteiger partial charge >= 0.3 is 0 Å². The van der Waals surface area contributed by atoms with E-state index in [1.54, 1.807) is 0 Å². The molecule has 20 heavy (non-hydrogen) atoms. The van der Waals surface area contributed by atoms with Crippen LogP contribution in [-0.2, 0) is 4.79 Å². The van der Waals surface area contributed by atoms with E-state index in [4.69, 9.17) is 10.9 Å². The summed E-state index contributed by atoms with van der Waals surface area (Å²) in [5.41, 5.74) is 4.80. The average Bonchev–Trinajstić information content (AvgIpc) is 2.40. The normalized spacial score (nSPS) is 20.9. The number of rotatable bonds is 4. The van der Waals surface area contributed by atoms with Crippen molar-refractivity contribution in [2.45, 2.75) is 77.7 Å². The highest BCUT2D eigenvalue weighted by molar-refractivity contribution is 5.95. The zero-order chi connectivity index (χ0) is 15.2. The molecule has 0 aromatic carbocycles. The summed E-state index contributed by atoms with van der Waals surface area (Å²) in [6.07, 6.45) is 7.71. The van der Waals surface area contributed by atoms with E-state index in [9.17, 15) is 4.79 Å². The van der Waals surface area contributed by atoms with Gasteiger partial charge in [0.1, 0.15) is 5.54 Å². The van der Waals surface area contributed by atoms with Crippen LogP contribution in [0.2, 0.25) is 0 Å². The molecule has 5 heteroatoms. The quantitative estimate of drug-likeness (QED) is 0.321. The number of amidine groups is 1. The highest BCUT2D eigenvalue weighted by Gasteiger charge is 2.39. The Bertz CT molecular complexity index is 356. The first-order valence-corrected chi connectivity index (χ1v) is 7.68. The van der Waals surface area contributed by atoms with E-state index in [0.717, 1.165) is 44.9 Å². The van der Waals surface area contributed by atoms with Crippen molar-refractivity contribution in [3.05, 3.63) is 0 Å². The molecule has 0 aromatic rings. The highest BCUT2D eigenvalue weighted by atomic mass is 16.4. The largest absolute Gasteiger partial charge is 0.409 e. The topological polar surface area (TPSA) is 87.7 Å². The summed E-state index contributed by atoms with van der Waals surface area (Å²) in [6.45, 7) is 5.84. The van der Waals surface area contributed by atoms with Gasteiger partial charge in [-0.25, -0.2) is 0 Å². The SMILES string of the molecule is CCC(C)(C)C(=O)NC1(C(N)=NO)CCCCCCC1. The average molecular weight is 283 g/mol. The van der Waals surface area contributed by atoms with Gasteiger partial charge in [0.2, 0.25) is 5.91 Å². The molecule has 1 fully saturated rings. The standard InChI is InChI=1S/C15H29N3O2/c1-4-14(2,3)13(19)17-15(12(16)18-20)10-8-6-5-7-9-11-15/h20H,4-11H2,1-3H3,(H2,16,18)(H,17,19). The molecule has 0 atom stereocenters. The fourth-order valence-electron chi connectivity index (χ4n) is 2.60. The summed E-state index contributed by atoms with van der Waals surface area (Å²) < 4.78 is 0. The molecule has 5 nitrogen and oxygen atoms in total. The molecular weight excluding hydrogens is 254 g/mol. The number of carbonyl (C=O) groups is 1. The smallest absolute Gasteiger partial charge is 0.226 e. The molecule has 0 saturated heterocycles. The van der Waals surface area contributed by atoms with Crippen LogP contribution in [0.1, 0.15) is 72.1 Å². The Labute approximate surface area is 122 Å². The molecule has 1 saturated carbocycles. The molecule has 1 aliphatic carbocycles. The molecule has 1 amide bonds. The van der Waals surface area contributed by atoms with Gasteiger partial charge in [0.25, 0.3) is 0 Å². The highest BCUT2D eigenvalue weighted by Crippen LogP contribution is 2.29. The van der Waals surface area contributed by atoms with Crippen molar-refractivity contribution in [3.8, 4) is 0 Å². The lowest BCUT2D eigenvalue weighted by Gasteiger charge is -2.37. The number of hydrogen-bond acceptors (Lipinski definition) is 3. The molecule has 1 aliphatic rings. The monoisotopic (exact) mass is 283 g/mol. The van der Waals surface area contributed by atoms with E-state index in [1.807, 2.05) is 20.8 Å². The van der Waals surface area contributed by atoms with E-state index < -0.39 is 11.0 Å². The van der Waals surface area contributed by atoms with Crippen LogP contribution >= 0.6 is 0 Å². The fraction of sp³-hybridized carbons (Fsp3) is 0.867. The van der Waals surface area contributed by atoms with Crippen LogP contribution in [-0.4, -0.2) is 22.5 Å². The number of nitrogens with one attached hydrogen (secondary N) is 1. The third kappa shape index (κ3) is 3.87. The summed E-state index contributed by atoms with van der Waals surface area (Å²) in [5, 5.41) is 15.4. The number of amides is 1. The maximum atomic E-state index is 12.5. The van der Waals surface area contributed by atoms with E-state index in [1.165, 1.54) is 6.42 Å². The third-order valence-electron chi connectivity index (χ3n) is 4.66. The van der Waals surface area contributed by atoms with Gasteiger partial charge in [-0.15, -0.1) is 0 Å². The minimum absolute atomic E-state index is 0.0211. The van der Waals surface area contributed by atoms with E-state index in [2.05, 4.69) is 10.5 Å². The lowest BCUT2D eigenvalue weighted by Crippen LogP contribution is -2.60. The van der Waals surface area contributed by atoms with Crippen molar-refractivity contribution >= 4 is 11.7 Å². The second kappa shape index (κ2) is 6.95. The summed E-state index contributed by atoms with van der Waals surface area (Å²) in [4.78, 5) is 12.5. The van der Waals surface area contributed by atoms with Gasteiger partial charge in [0.05, 0.1) is 0 Å². The van der Waals surface area contributed by atoms with Crippen LogP contribution in [0.4, 0.5) is 0 Å². The fourth-order valence-corrected chi connectivity index (χ4v) is 2.60. The molecule has 0 aliphatic heterocycles. The lowest BCUT2D eigenvalue weighted by molar-refractivity contribution is -0.131. The number of hydrogen-bond donors (Lipinski definition) is 3. The number of oxime groups is 1. The van der Waals surface area contributed by atoms with Crippen molar-refractivity contribution in [1.82, 2.24) is 5.32 Å². The number of nitrogens with zero attached hydrogens (tertiary/aromatic N) is 1. The summed E-state index contributed by atoms with van der Waals surface area (Å²) in [7, 11) is 0. The van der Waals surface area contributed by atoms with Gasteiger partial charge in [-0.1, -0.05) is 58.0 Å². The van der Waals surface area contributed by atoms with E-state index in [0.29, 0.717) is 0 Å². The number of nitrogens with two attached hydrogens (primary N) is 1. The first kappa shape index (κ1) is 16.8. The molecule has 116 valence electrons. The Hall–Kier alpha value is -1.26. The Kier molecular flexibility index (Phi) is 5.84. The van der Waals surface area contributed by atoms with Crippen LogP contribution in [0.3, 0.4) is 0 Å². The van der Waals surface area contributed by atoms with Crippen molar-refractivity contribution in [3.63, 3.8) is 0 Å². The van der Waals surface area contributed by atoms with Gasteiger partial charge in [-0.3, -0.25) is 4.79 Å². The molecule has 0 radical (unpaired) electrons. The molecule has 0 unspecified atom stereocenters. The van der Waals surface area contributed by atoms with Crippen LogP contribution in [0, 0.1) is 5.41 Å². The maximum absolute atomic E-state index is 12.5. The molecule has 1 rings (SSSR count). The summed E-state index contributed by atoms with van der Waals surface area (Å²) >= 11 is 0. The van der Waals surface area contributed by atoms with Gasteiger partial charge in [0, 0.05) is 5.41 Å². The third-order valence-corrected chi connectivity index (χ3v) is 4.66. The van der Waals surface area contributed by atoms with Crippen LogP contribution in [0.5, 0.6) is 0 Å². The summed E-state index contributed by atoms with van der Waals surface area (Å²) in [5.74, 6) is 0.117. The van der Waals surface area contributed by atoms with Crippen molar-refractivity contribution in [1.29, 1.82) is 0 Å². The number of carbonyl (C=O) groups excluding carboxylic acids is 1. The maximum Gasteiger partial charge on any atom is 0.226 e. The minimum atomic E-state index is -0.682. The van der Waals surface area contributed by atoms with Gasteiger partial charge in [0.15, 0.2) is 5.84 Å². The predicted molar refractivity (Wildman–Crippen MR) is 80.7 cm³/mol. The Morgan fingerprint density at radius 1 is 1.25 bits per heavy atom. The first-order chi connectivity index (χ1) is 9.38. The van der Waals surface area contributed by atoms with Crippen molar-refractivity contribution in [2.75, 3.05) is 0 Å². The Morgan fingerprint density at radius 3 is 2.20 bits per heavy atom. The van der Waals surface area contributed by atoms with Crippen molar-refractivity contribution < 1.29 is 10.0 Å². The molecule has 4 N–H and O–H groups in total.